The summed E-state index contributed by atoms with van der Waals surface area (Å²) in [5.41, 5.74) is 8.38. The van der Waals surface area contributed by atoms with Crippen LogP contribution in [0, 0.1) is 11.8 Å². The van der Waals surface area contributed by atoms with Crippen molar-refractivity contribution in [2.24, 2.45) is 24.6 Å². The van der Waals surface area contributed by atoms with Crippen molar-refractivity contribution in [3.8, 4) is 0 Å². The Labute approximate surface area is 129 Å². The Morgan fingerprint density at radius 2 is 1.95 bits per heavy atom. The predicted octanol–water partition coefficient (Wildman–Crippen LogP) is 3.82. The van der Waals surface area contributed by atoms with E-state index in [9.17, 15) is 0 Å². The molecule has 118 valence electrons. The third kappa shape index (κ3) is 3.50. The fourth-order valence-electron chi connectivity index (χ4n) is 4.82. The minimum absolute atomic E-state index is 0.0795. The van der Waals surface area contributed by atoms with Crippen LogP contribution in [-0.2, 0) is 13.5 Å². The van der Waals surface area contributed by atoms with Crippen LogP contribution in [0.5, 0.6) is 0 Å². The van der Waals surface area contributed by atoms with Crippen molar-refractivity contribution in [1.82, 2.24) is 9.78 Å². The maximum atomic E-state index is 6.96. The number of aromatic nitrogens is 2. The van der Waals surface area contributed by atoms with Gasteiger partial charge in [0.2, 0.25) is 0 Å². The van der Waals surface area contributed by atoms with Gasteiger partial charge in [-0.05, 0) is 43.1 Å². The van der Waals surface area contributed by atoms with Crippen molar-refractivity contribution in [3.05, 3.63) is 18.0 Å². The van der Waals surface area contributed by atoms with Crippen molar-refractivity contribution in [1.29, 1.82) is 0 Å². The molecule has 0 saturated heterocycles. The first kappa shape index (κ1) is 15.1. The van der Waals surface area contributed by atoms with E-state index < -0.39 is 0 Å². The molecule has 0 amide bonds. The summed E-state index contributed by atoms with van der Waals surface area (Å²) in [6, 6.07) is 0. The summed E-state index contributed by atoms with van der Waals surface area (Å²) >= 11 is 0. The van der Waals surface area contributed by atoms with Gasteiger partial charge in [-0.1, -0.05) is 44.9 Å². The molecule has 0 spiro atoms. The van der Waals surface area contributed by atoms with E-state index in [2.05, 4.69) is 11.3 Å². The maximum absolute atomic E-state index is 6.96. The van der Waals surface area contributed by atoms with E-state index in [1.54, 1.807) is 0 Å². The highest BCUT2D eigenvalue weighted by atomic mass is 15.2. The second kappa shape index (κ2) is 6.51. The van der Waals surface area contributed by atoms with Gasteiger partial charge in [-0.25, -0.2) is 0 Å². The van der Waals surface area contributed by atoms with Gasteiger partial charge in [0.05, 0.1) is 6.20 Å². The van der Waals surface area contributed by atoms with Crippen LogP contribution >= 0.6 is 0 Å². The molecule has 3 rings (SSSR count). The molecule has 2 atom stereocenters. The topological polar surface area (TPSA) is 43.8 Å². The van der Waals surface area contributed by atoms with Crippen molar-refractivity contribution in [2.45, 2.75) is 76.2 Å². The van der Waals surface area contributed by atoms with Crippen molar-refractivity contribution in [3.63, 3.8) is 0 Å². The molecule has 1 aromatic rings. The molecule has 3 nitrogen and oxygen atoms in total. The highest BCUT2D eigenvalue weighted by Gasteiger charge is 2.41. The highest BCUT2D eigenvalue weighted by molar-refractivity contribution is 5.07. The lowest BCUT2D eigenvalue weighted by atomic mass is 9.62. The van der Waals surface area contributed by atoms with E-state index in [4.69, 9.17) is 5.73 Å². The molecule has 2 N–H and O–H groups in total. The molecule has 2 saturated carbocycles. The smallest absolute Gasteiger partial charge is 0.0521 e. The van der Waals surface area contributed by atoms with Crippen LogP contribution < -0.4 is 5.73 Å². The molecule has 2 fully saturated rings. The van der Waals surface area contributed by atoms with Gasteiger partial charge in [0, 0.05) is 18.8 Å². The number of nitrogens with two attached hydrogens (primary N) is 1. The number of hydrogen-bond donors (Lipinski definition) is 1. The molecule has 21 heavy (non-hydrogen) atoms. The molecule has 1 aromatic heterocycles. The van der Waals surface area contributed by atoms with Crippen LogP contribution in [-0.4, -0.2) is 15.3 Å². The van der Waals surface area contributed by atoms with E-state index >= 15 is 0 Å². The molecule has 2 aliphatic rings. The van der Waals surface area contributed by atoms with Gasteiger partial charge in [-0.3, -0.25) is 4.68 Å². The van der Waals surface area contributed by atoms with Crippen LogP contribution in [0.25, 0.3) is 0 Å². The summed E-state index contributed by atoms with van der Waals surface area (Å²) < 4.78 is 1.90. The highest BCUT2D eigenvalue weighted by Crippen LogP contribution is 2.44. The minimum Gasteiger partial charge on any atom is -0.325 e. The second-order valence-electron chi connectivity index (χ2n) is 7.51. The van der Waals surface area contributed by atoms with E-state index in [1.165, 1.54) is 63.4 Å². The zero-order valence-corrected chi connectivity index (χ0v) is 13.6. The van der Waals surface area contributed by atoms with Gasteiger partial charge < -0.3 is 5.73 Å². The Morgan fingerprint density at radius 3 is 2.67 bits per heavy atom. The predicted molar refractivity (Wildman–Crippen MR) is 87.0 cm³/mol. The van der Waals surface area contributed by atoms with Gasteiger partial charge in [0.25, 0.3) is 0 Å². The summed E-state index contributed by atoms with van der Waals surface area (Å²) in [5.74, 6) is 1.67. The molecular weight excluding hydrogens is 258 g/mol. The zero-order valence-electron chi connectivity index (χ0n) is 13.6. The standard InChI is InChI=1S/C18H31N3/c1-21-14-15(13-20-21)10-12-18(19)11-6-5-9-17(18)16-7-3-2-4-8-16/h13-14,16-17H,2-12,19H2,1H3. The van der Waals surface area contributed by atoms with Gasteiger partial charge >= 0.3 is 0 Å². The van der Waals surface area contributed by atoms with Gasteiger partial charge in [-0.15, -0.1) is 0 Å². The van der Waals surface area contributed by atoms with Crippen LogP contribution in [0.3, 0.4) is 0 Å². The molecule has 3 heteroatoms. The molecule has 0 bridgehead atoms. The lowest BCUT2D eigenvalue weighted by Gasteiger charge is -2.46. The quantitative estimate of drug-likeness (QED) is 0.915. The van der Waals surface area contributed by atoms with Gasteiger partial charge in [0.15, 0.2) is 0 Å². The van der Waals surface area contributed by atoms with Gasteiger partial charge in [0.1, 0.15) is 0 Å². The van der Waals surface area contributed by atoms with Crippen molar-refractivity contribution >= 4 is 0 Å². The first-order valence-corrected chi connectivity index (χ1v) is 8.94. The van der Waals surface area contributed by atoms with Crippen LogP contribution in [0.2, 0.25) is 0 Å². The Kier molecular flexibility index (Phi) is 4.68. The normalized spacial score (nSPS) is 31.4. The summed E-state index contributed by atoms with van der Waals surface area (Å²) in [4.78, 5) is 0. The van der Waals surface area contributed by atoms with Crippen LogP contribution in [0.15, 0.2) is 12.4 Å². The molecule has 0 aromatic carbocycles. The number of aryl methyl sites for hydroxylation is 2. The fourth-order valence-corrected chi connectivity index (χ4v) is 4.82. The third-order valence-corrected chi connectivity index (χ3v) is 6.00. The Morgan fingerprint density at radius 1 is 1.19 bits per heavy atom. The monoisotopic (exact) mass is 289 g/mol. The third-order valence-electron chi connectivity index (χ3n) is 6.00. The fraction of sp³-hybridized carbons (Fsp3) is 0.833. The SMILES string of the molecule is Cn1cc(CCC2(N)CCCCC2C2CCCCC2)cn1. The summed E-state index contributed by atoms with van der Waals surface area (Å²) in [5, 5.41) is 4.29. The lowest BCUT2D eigenvalue weighted by Crippen LogP contribution is -2.52. The summed E-state index contributed by atoms with van der Waals surface area (Å²) in [7, 11) is 1.99. The average molecular weight is 289 g/mol. The molecule has 2 aliphatic carbocycles. The van der Waals surface area contributed by atoms with Gasteiger partial charge in [-0.2, -0.15) is 5.10 Å². The first-order chi connectivity index (χ1) is 10.2. The van der Waals surface area contributed by atoms with E-state index in [0.717, 1.165) is 24.7 Å². The van der Waals surface area contributed by atoms with Crippen molar-refractivity contribution in [2.75, 3.05) is 0 Å². The van der Waals surface area contributed by atoms with E-state index in [1.807, 2.05) is 17.9 Å². The summed E-state index contributed by atoms with van der Waals surface area (Å²) in [6.07, 6.45) is 18.8. The van der Waals surface area contributed by atoms with E-state index in [0.29, 0.717) is 0 Å². The first-order valence-electron chi connectivity index (χ1n) is 8.94. The molecular formula is C18H31N3. The number of rotatable bonds is 4. The van der Waals surface area contributed by atoms with Crippen molar-refractivity contribution < 1.29 is 0 Å². The number of hydrogen-bond acceptors (Lipinski definition) is 2. The summed E-state index contributed by atoms with van der Waals surface area (Å²) in [6.45, 7) is 0. The molecule has 0 radical (unpaired) electrons. The average Bonchev–Trinajstić information content (AvgIpc) is 2.92. The second-order valence-corrected chi connectivity index (χ2v) is 7.51. The Bertz CT molecular complexity index is 447. The minimum atomic E-state index is 0.0795. The number of nitrogens with zero attached hydrogens (tertiary/aromatic N) is 2. The molecule has 2 unspecified atom stereocenters. The zero-order chi connectivity index (χ0) is 14.7. The lowest BCUT2D eigenvalue weighted by molar-refractivity contribution is 0.0931. The Hall–Kier alpha value is -0.830. The van der Waals surface area contributed by atoms with Crippen LogP contribution in [0.1, 0.15) is 69.8 Å². The largest absolute Gasteiger partial charge is 0.325 e. The molecule has 1 heterocycles. The maximum Gasteiger partial charge on any atom is 0.0521 e. The van der Waals surface area contributed by atoms with Crippen LogP contribution in [0.4, 0.5) is 0 Å². The Balaban J connectivity index is 1.65. The van der Waals surface area contributed by atoms with E-state index in [-0.39, 0.29) is 5.54 Å². The molecule has 0 aliphatic heterocycles.